The summed E-state index contributed by atoms with van der Waals surface area (Å²) in [5.74, 6) is 0.873. The van der Waals surface area contributed by atoms with Crippen molar-refractivity contribution in [3.63, 3.8) is 0 Å². The summed E-state index contributed by atoms with van der Waals surface area (Å²) in [6.07, 6.45) is -4.74. The number of unbranched alkanes of at least 4 members (excludes halogenated alkanes) is 2. The second-order valence-electron chi connectivity index (χ2n) is 10.8. The molecule has 2 fully saturated rings. The highest BCUT2D eigenvalue weighted by Crippen LogP contribution is 2.36. The largest absolute Gasteiger partial charge is 0.394 e. The van der Waals surface area contributed by atoms with E-state index in [1.807, 2.05) is 0 Å². The number of hydrogen-bond donors (Lipinski definition) is 10. The molecule has 4 aromatic heterocycles. The number of ether oxygens (including phenoxy) is 2. The second-order valence-corrected chi connectivity index (χ2v) is 10.8. The Hall–Kier alpha value is -4.02. The van der Waals surface area contributed by atoms with Gasteiger partial charge in [-0.25, -0.2) is 29.9 Å². The Morgan fingerprint density at radius 2 is 1.07 bits per heavy atom. The predicted molar refractivity (Wildman–Crippen MR) is 156 cm³/mol. The third-order valence-electron chi connectivity index (χ3n) is 7.97. The van der Waals surface area contributed by atoms with Crippen molar-refractivity contribution < 1.29 is 40.1 Å². The van der Waals surface area contributed by atoms with Crippen molar-refractivity contribution in [1.29, 1.82) is 0 Å². The number of imidazole rings is 2. The van der Waals surface area contributed by atoms with Crippen LogP contribution in [-0.4, -0.2) is 133 Å². The van der Waals surface area contributed by atoms with E-state index in [0.29, 0.717) is 60.2 Å². The summed E-state index contributed by atoms with van der Waals surface area (Å²) in [5.41, 5.74) is 13.2. The molecule has 0 bridgehead atoms. The smallest absolute Gasteiger partial charge is 0.207 e. The molecule has 0 radical (unpaired) electrons. The SMILES string of the molecule is Nc1ncnc2c1nc(NCCCCCNc1nc3c(N)ncnc3n1[C@H]1O[C@@H](CO)[C@@H](O)[C@H]1O)n2[C@H]1O[C@@H](CO)[C@@H](O)[C@H]1O. The first kappa shape index (κ1) is 31.0. The van der Waals surface area contributed by atoms with Crippen molar-refractivity contribution >= 4 is 45.9 Å². The van der Waals surface area contributed by atoms with Gasteiger partial charge in [-0.2, -0.15) is 0 Å². The van der Waals surface area contributed by atoms with E-state index in [4.69, 9.17) is 20.9 Å². The van der Waals surface area contributed by atoms with Crippen molar-refractivity contribution in [3.8, 4) is 0 Å². The highest BCUT2D eigenvalue weighted by molar-refractivity contribution is 5.84. The van der Waals surface area contributed by atoms with Crippen LogP contribution in [0.5, 0.6) is 0 Å². The highest BCUT2D eigenvalue weighted by Gasteiger charge is 2.46. The molecule has 20 nitrogen and oxygen atoms in total. The number of nitrogens with one attached hydrogen (secondary N) is 2. The van der Waals surface area contributed by atoms with E-state index in [1.165, 1.54) is 21.8 Å². The number of aliphatic hydroxyl groups is 6. The summed E-state index contributed by atoms with van der Waals surface area (Å²) < 4.78 is 14.4. The Balaban J connectivity index is 1.09. The first-order valence-electron chi connectivity index (χ1n) is 14.4. The highest BCUT2D eigenvalue weighted by atomic mass is 16.6. The average Bonchev–Trinajstić information content (AvgIpc) is 3.75. The van der Waals surface area contributed by atoms with Crippen molar-refractivity contribution in [3.05, 3.63) is 12.7 Å². The maximum Gasteiger partial charge on any atom is 0.207 e. The number of rotatable bonds is 12. The van der Waals surface area contributed by atoms with E-state index in [1.54, 1.807) is 0 Å². The van der Waals surface area contributed by atoms with Gasteiger partial charge in [-0.1, -0.05) is 0 Å². The molecule has 0 spiro atoms. The molecule has 0 aromatic carbocycles. The van der Waals surface area contributed by atoms with Crippen LogP contribution in [-0.2, 0) is 9.47 Å². The lowest BCUT2D eigenvalue weighted by Gasteiger charge is -2.20. The van der Waals surface area contributed by atoms with Gasteiger partial charge in [-0.05, 0) is 19.3 Å². The molecule has 6 heterocycles. The lowest BCUT2D eigenvalue weighted by Crippen LogP contribution is -2.33. The van der Waals surface area contributed by atoms with Crippen molar-refractivity contribution in [2.45, 2.75) is 68.3 Å². The van der Waals surface area contributed by atoms with Crippen molar-refractivity contribution in [2.24, 2.45) is 0 Å². The number of fused-ring (bicyclic) bond motifs is 2. The zero-order valence-electron chi connectivity index (χ0n) is 24.0. The lowest BCUT2D eigenvalue weighted by atomic mass is 10.1. The molecule has 0 amide bonds. The normalized spacial score (nSPS) is 28.4. The maximum absolute atomic E-state index is 10.6. The minimum atomic E-state index is -1.35. The summed E-state index contributed by atoms with van der Waals surface area (Å²) in [4.78, 5) is 25.4. The molecule has 0 saturated carbocycles. The third-order valence-corrected chi connectivity index (χ3v) is 7.97. The fourth-order valence-electron chi connectivity index (χ4n) is 5.60. The maximum atomic E-state index is 10.6. The second kappa shape index (κ2) is 12.8. The fourth-order valence-corrected chi connectivity index (χ4v) is 5.60. The van der Waals surface area contributed by atoms with Crippen LogP contribution in [0.15, 0.2) is 12.7 Å². The van der Waals surface area contributed by atoms with E-state index >= 15 is 0 Å². The Bertz CT molecular complexity index is 1520. The van der Waals surface area contributed by atoms with Gasteiger partial charge in [0.15, 0.2) is 46.4 Å². The summed E-state index contributed by atoms with van der Waals surface area (Å²) in [7, 11) is 0. The van der Waals surface area contributed by atoms with Crippen LogP contribution in [0, 0.1) is 0 Å². The van der Waals surface area contributed by atoms with Crippen LogP contribution in [0.25, 0.3) is 22.3 Å². The molecule has 4 aromatic rings. The van der Waals surface area contributed by atoms with Gasteiger partial charge >= 0.3 is 0 Å². The van der Waals surface area contributed by atoms with E-state index in [9.17, 15) is 30.6 Å². The number of aromatic nitrogens is 8. The quantitative estimate of drug-likeness (QED) is 0.0698. The molecule has 244 valence electrons. The molecule has 2 aliphatic rings. The van der Waals surface area contributed by atoms with Gasteiger partial charge in [-0.3, -0.25) is 9.13 Å². The van der Waals surface area contributed by atoms with Crippen LogP contribution in [0.4, 0.5) is 23.5 Å². The van der Waals surface area contributed by atoms with Gasteiger partial charge in [0.25, 0.3) is 0 Å². The molecule has 0 unspecified atom stereocenters. The molecule has 45 heavy (non-hydrogen) atoms. The molecule has 2 saturated heterocycles. The Morgan fingerprint density at radius 3 is 1.44 bits per heavy atom. The van der Waals surface area contributed by atoms with Crippen LogP contribution in [0.1, 0.15) is 31.7 Å². The Labute approximate surface area is 254 Å². The molecule has 6 rings (SSSR count). The molecular formula is C25H36N12O8. The standard InChI is InChI=1S/C25H36N12O8/c26-18-12-20(32-8-30-18)36(22-16(42)14(40)10(6-38)44-22)24(34-12)28-4-2-1-3-5-29-25-35-13-19(27)31-9-33-21(13)37(25)23-17(43)15(41)11(7-39)45-23/h8-11,14-17,22-23,38-43H,1-7H2,(H,28,34)(H,29,35)(H2,26,30,32)(H2,27,31,33)/t10-,11-,14+,15+,16+,17+,22-,23-/m0/s1. The number of hydrogen-bond acceptors (Lipinski definition) is 18. The van der Waals surface area contributed by atoms with E-state index in [-0.39, 0.29) is 11.6 Å². The molecule has 0 aliphatic carbocycles. The minimum absolute atomic E-state index is 0.135. The summed E-state index contributed by atoms with van der Waals surface area (Å²) >= 11 is 0. The molecule has 20 heteroatoms. The van der Waals surface area contributed by atoms with Gasteiger partial charge in [0.1, 0.15) is 49.3 Å². The molecule has 8 atom stereocenters. The van der Waals surface area contributed by atoms with Gasteiger partial charge in [0.05, 0.1) is 13.2 Å². The molecule has 12 N–H and O–H groups in total. The first-order valence-corrected chi connectivity index (χ1v) is 14.4. The van der Waals surface area contributed by atoms with Crippen LogP contribution in [0.2, 0.25) is 0 Å². The zero-order valence-corrected chi connectivity index (χ0v) is 24.0. The minimum Gasteiger partial charge on any atom is -0.394 e. The van der Waals surface area contributed by atoms with Crippen molar-refractivity contribution in [1.82, 2.24) is 39.0 Å². The van der Waals surface area contributed by atoms with Gasteiger partial charge in [-0.15, -0.1) is 0 Å². The molecular weight excluding hydrogens is 596 g/mol. The Kier molecular flexibility index (Phi) is 8.79. The number of nitrogens with two attached hydrogens (primary N) is 2. The number of anilines is 4. The lowest BCUT2D eigenvalue weighted by molar-refractivity contribution is -0.0501. The predicted octanol–water partition coefficient (Wildman–Crippen LogP) is -2.95. The van der Waals surface area contributed by atoms with Gasteiger partial charge < -0.3 is 62.2 Å². The monoisotopic (exact) mass is 632 g/mol. The van der Waals surface area contributed by atoms with E-state index in [2.05, 4.69) is 40.5 Å². The van der Waals surface area contributed by atoms with Crippen LogP contribution in [0.3, 0.4) is 0 Å². The van der Waals surface area contributed by atoms with Crippen LogP contribution < -0.4 is 22.1 Å². The average molecular weight is 633 g/mol. The molecule has 2 aliphatic heterocycles. The Morgan fingerprint density at radius 1 is 0.644 bits per heavy atom. The van der Waals surface area contributed by atoms with E-state index in [0.717, 1.165) is 6.42 Å². The summed E-state index contributed by atoms with van der Waals surface area (Å²) in [5, 5.41) is 67.4. The number of aliphatic hydroxyl groups excluding tert-OH is 6. The van der Waals surface area contributed by atoms with Crippen molar-refractivity contribution in [2.75, 3.05) is 48.4 Å². The summed E-state index contributed by atoms with van der Waals surface area (Å²) in [6.45, 7) is -0.0191. The van der Waals surface area contributed by atoms with Gasteiger partial charge in [0, 0.05) is 13.1 Å². The van der Waals surface area contributed by atoms with Crippen LogP contribution >= 0.6 is 0 Å². The number of nitrogens with zero attached hydrogens (tertiary/aromatic N) is 8. The fraction of sp³-hybridized carbons (Fsp3) is 0.600. The number of nitrogen functional groups attached to an aromatic ring is 2. The van der Waals surface area contributed by atoms with E-state index < -0.39 is 62.3 Å². The third kappa shape index (κ3) is 5.55. The van der Waals surface area contributed by atoms with Gasteiger partial charge in [0.2, 0.25) is 11.9 Å². The zero-order chi connectivity index (χ0) is 31.8. The summed E-state index contributed by atoms with van der Waals surface area (Å²) in [6, 6.07) is 0. The first-order chi connectivity index (χ1) is 21.7. The topological polar surface area (TPSA) is 303 Å².